The predicted octanol–water partition coefficient (Wildman–Crippen LogP) is 6.36. The quantitative estimate of drug-likeness (QED) is 0.506. The van der Waals surface area contributed by atoms with Gasteiger partial charge in [0.1, 0.15) is 0 Å². The number of halogens is 1. The first-order valence-corrected chi connectivity index (χ1v) is 9.08. The first kappa shape index (κ1) is 18.2. The maximum atomic E-state index is 12.0. The summed E-state index contributed by atoms with van der Waals surface area (Å²) in [6.45, 7) is 1.85. The van der Waals surface area contributed by atoms with Gasteiger partial charge >= 0.3 is 0 Å². The summed E-state index contributed by atoms with van der Waals surface area (Å²) >= 11 is 0. The third-order valence-corrected chi connectivity index (χ3v) is 5.26. The van der Waals surface area contributed by atoms with Crippen molar-refractivity contribution in [1.29, 1.82) is 0 Å². The third-order valence-electron chi connectivity index (χ3n) is 5.26. The topological polar surface area (TPSA) is 9.23 Å². The Labute approximate surface area is 140 Å². The van der Waals surface area contributed by atoms with Crippen LogP contribution in [0.15, 0.2) is 36.4 Å². The highest BCUT2D eigenvalue weighted by Gasteiger charge is 2.21. The molecule has 0 saturated heterocycles. The number of ether oxygens (including phenoxy) is 1. The summed E-state index contributed by atoms with van der Waals surface area (Å²) in [4.78, 5) is 0. The first-order valence-electron chi connectivity index (χ1n) is 9.08. The van der Waals surface area contributed by atoms with Crippen molar-refractivity contribution in [2.75, 3.05) is 13.8 Å². The minimum atomic E-state index is -0.233. The summed E-state index contributed by atoms with van der Waals surface area (Å²) in [5.41, 5.74) is 2.74. The molecule has 1 saturated carbocycles. The average molecular weight is 318 g/mol. The summed E-state index contributed by atoms with van der Waals surface area (Å²) in [6, 6.07) is 9.00. The van der Waals surface area contributed by atoms with Crippen LogP contribution >= 0.6 is 0 Å². The normalized spacial score (nSPS) is 23.3. The highest BCUT2D eigenvalue weighted by molar-refractivity contribution is 5.27. The summed E-state index contributed by atoms with van der Waals surface area (Å²) in [5.74, 6) is 1.58. The summed E-state index contributed by atoms with van der Waals surface area (Å²) < 4.78 is 17.4. The van der Waals surface area contributed by atoms with E-state index in [1.54, 1.807) is 7.11 Å². The number of benzene rings is 1. The first-order chi connectivity index (χ1) is 11.2. The van der Waals surface area contributed by atoms with Crippen molar-refractivity contribution >= 4 is 0 Å². The molecule has 2 heteroatoms. The molecule has 1 aliphatic carbocycles. The van der Waals surface area contributed by atoms with Crippen LogP contribution in [0.25, 0.3) is 0 Å². The van der Waals surface area contributed by atoms with Crippen LogP contribution < -0.4 is 0 Å². The monoisotopic (exact) mass is 318 g/mol. The fraction of sp³-hybridized carbons (Fsp3) is 0.619. The molecule has 2 rings (SSSR count). The van der Waals surface area contributed by atoms with Gasteiger partial charge < -0.3 is 4.74 Å². The molecule has 0 radical (unpaired) electrons. The van der Waals surface area contributed by atoms with E-state index in [4.69, 9.17) is 4.74 Å². The van der Waals surface area contributed by atoms with Crippen LogP contribution in [0.3, 0.4) is 0 Å². The van der Waals surface area contributed by atoms with Gasteiger partial charge in [0.05, 0.1) is 12.8 Å². The highest BCUT2D eigenvalue weighted by Crippen LogP contribution is 2.37. The van der Waals surface area contributed by atoms with Crippen LogP contribution in [-0.2, 0) is 4.74 Å². The zero-order valence-electron chi connectivity index (χ0n) is 14.6. The molecule has 128 valence electrons. The largest absolute Gasteiger partial charge is 0.377 e. The van der Waals surface area contributed by atoms with Gasteiger partial charge in [-0.25, -0.2) is 0 Å². The van der Waals surface area contributed by atoms with E-state index in [1.807, 2.05) is 6.08 Å². The lowest BCUT2D eigenvalue weighted by Crippen LogP contribution is -2.13. The molecule has 0 amide bonds. The molecule has 1 aliphatic rings. The van der Waals surface area contributed by atoms with Crippen LogP contribution in [0.5, 0.6) is 0 Å². The molecule has 23 heavy (non-hydrogen) atoms. The molecule has 0 aliphatic heterocycles. The van der Waals surface area contributed by atoms with E-state index in [1.165, 1.54) is 43.2 Å². The van der Waals surface area contributed by atoms with E-state index >= 15 is 0 Å². The van der Waals surface area contributed by atoms with Gasteiger partial charge in [0, 0.05) is 7.11 Å². The van der Waals surface area contributed by atoms with E-state index in [0.29, 0.717) is 6.42 Å². The molecule has 0 bridgehead atoms. The van der Waals surface area contributed by atoms with Crippen LogP contribution in [0.1, 0.15) is 75.0 Å². The van der Waals surface area contributed by atoms with Crippen molar-refractivity contribution in [2.45, 2.75) is 63.9 Å². The minimum absolute atomic E-state index is 0.172. The molecule has 1 aromatic rings. The van der Waals surface area contributed by atoms with Crippen molar-refractivity contribution in [3.8, 4) is 0 Å². The zero-order valence-corrected chi connectivity index (χ0v) is 14.6. The second-order valence-electron chi connectivity index (χ2n) is 6.79. The number of methoxy groups -OCH3 is 1. The molecule has 0 N–H and O–H groups in total. The Kier molecular flexibility index (Phi) is 7.81. The molecular weight excluding hydrogens is 287 g/mol. The van der Waals surface area contributed by atoms with Crippen molar-refractivity contribution in [3.63, 3.8) is 0 Å². The molecule has 1 atom stereocenters. The molecule has 0 heterocycles. The van der Waals surface area contributed by atoms with Crippen molar-refractivity contribution in [2.24, 2.45) is 5.92 Å². The molecule has 1 aromatic carbocycles. The van der Waals surface area contributed by atoms with Gasteiger partial charge in [0.25, 0.3) is 0 Å². The van der Waals surface area contributed by atoms with E-state index in [2.05, 4.69) is 37.3 Å². The number of hydrogen-bond acceptors (Lipinski definition) is 1. The second-order valence-corrected chi connectivity index (χ2v) is 6.79. The minimum Gasteiger partial charge on any atom is -0.377 e. The number of hydrogen-bond donors (Lipinski definition) is 0. The van der Waals surface area contributed by atoms with Gasteiger partial charge in [-0.2, -0.15) is 0 Å². The van der Waals surface area contributed by atoms with Gasteiger partial charge in [-0.15, -0.1) is 0 Å². The second kappa shape index (κ2) is 9.87. The van der Waals surface area contributed by atoms with Crippen molar-refractivity contribution < 1.29 is 9.13 Å². The predicted molar refractivity (Wildman–Crippen MR) is 95.5 cm³/mol. The standard InChI is InChI=1S/C21H31FO/c1-17(23-2)19-12-14-21(15-13-19)20-10-8-18(9-11-20)7-5-3-4-6-16-22/h3-4,12-15,17-18,20H,5-11,16H2,1-2H3/b4-3+. The van der Waals surface area contributed by atoms with E-state index in [-0.39, 0.29) is 12.8 Å². The van der Waals surface area contributed by atoms with E-state index < -0.39 is 0 Å². The Balaban J connectivity index is 1.75. The number of alkyl halides is 1. The Hall–Kier alpha value is -1.15. The van der Waals surface area contributed by atoms with Gasteiger partial charge in [0.15, 0.2) is 0 Å². The van der Waals surface area contributed by atoms with Crippen LogP contribution in [-0.4, -0.2) is 13.8 Å². The van der Waals surface area contributed by atoms with Crippen LogP contribution in [0.2, 0.25) is 0 Å². The lowest BCUT2D eigenvalue weighted by atomic mass is 9.77. The van der Waals surface area contributed by atoms with Gasteiger partial charge in [-0.05, 0) is 74.8 Å². The molecule has 1 unspecified atom stereocenters. The fourth-order valence-electron chi connectivity index (χ4n) is 3.59. The fourth-order valence-corrected chi connectivity index (χ4v) is 3.59. The van der Waals surface area contributed by atoms with Crippen LogP contribution in [0, 0.1) is 5.92 Å². The Morgan fingerprint density at radius 2 is 1.74 bits per heavy atom. The van der Waals surface area contributed by atoms with Crippen molar-refractivity contribution in [3.05, 3.63) is 47.5 Å². The maximum absolute atomic E-state index is 12.0. The third kappa shape index (κ3) is 5.76. The maximum Gasteiger partial charge on any atom is 0.0928 e. The van der Waals surface area contributed by atoms with Gasteiger partial charge in [-0.1, -0.05) is 36.4 Å². The number of allylic oxidation sites excluding steroid dienone is 2. The Bertz CT molecular complexity index is 457. The molecule has 0 aromatic heterocycles. The van der Waals surface area contributed by atoms with E-state index in [9.17, 15) is 4.39 Å². The lowest BCUT2D eigenvalue weighted by molar-refractivity contribution is 0.119. The molecule has 1 fully saturated rings. The van der Waals surface area contributed by atoms with Gasteiger partial charge in [-0.3, -0.25) is 4.39 Å². The Morgan fingerprint density at radius 1 is 1.09 bits per heavy atom. The average Bonchev–Trinajstić information content (AvgIpc) is 2.61. The molecule has 1 nitrogen and oxygen atoms in total. The molecular formula is C21H31FO. The van der Waals surface area contributed by atoms with Gasteiger partial charge in [0.2, 0.25) is 0 Å². The lowest BCUT2D eigenvalue weighted by Gasteiger charge is -2.29. The summed E-state index contributed by atoms with van der Waals surface area (Å²) in [5, 5.41) is 0. The van der Waals surface area contributed by atoms with E-state index in [0.717, 1.165) is 18.3 Å². The smallest absolute Gasteiger partial charge is 0.0928 e. The zero-order chi connectivity index (χ0) is 16.5. The highest BCUT2D eigenvalue weighted by atomic mass is 19.1. The Morgan fingerprint density at radius 3 is 2.35 bits per heavy atom. The SMILES string of the molecule is COC(C)c1ccc(C2CCC(CC/C=C/CCF)CC2)cc1. The van der Waals surface area contributed by atoms with Crippen LogP contribution in [0.4, 0.5) is 4.39 Å². The number of rotatable bonds is 8. The summed E-state index contributed by atoms with van der Waals surface area (Å²) in [6.07, 6.45) is 12.5. The molecule has 0 spiro atoms. The summed E-state index contributed by atoms with van der Waals surface area (Å²) in [7, 11) is 1.76. The van der Waals surface area contributed by atoms with Crippen molar-refractivity contribution in [1.82, 2.24) is 0 Å².